The van der Waals surface area contributed by atoms with Gasteiger partial charge in [0.05, 0.1) is 0 Å². The van der Waals surface area contributed by atoms with Crippen molar-refractivity contribution >= 4 is 11.9 Å². The number of hydrogen-bond acceptors (Lipinski definition) is 4. The molecule has 0 saturated carbocycles. The van der Waals surface area contributed by atoms with Gasteiger partial charge < -0.3 is 14.9 Å². The molecule has 0 aliphatic carbocycles. The standard InChI is InChI=1S/C11H16N2O4/c1-5(2)8(11(15)16)12-10(14)9-6(3)7(4)17-13-9/h5,8H,1-4H3,(H,12,14)(H,15,16)/t8-/m0/s1. The number of carbonyl (C=O) groups is 2. The summed E-state index contributed by atoms with van der Waals surface area (Å²) in [6.07, 6.45) is 0. The van der Waals surface area contributed by atoms with Gasteiger partial charge in [-0.05, 0) is 19.8 Å². The first-order valence-electron chi connectivity index (χ1n) is 5.31. The highest BCUT2D eigenvalue weighted by Gasteiger charge is 2.26. The second-order valence-electron chi connectivity index (χ2n) is 4.25. The summed E-state index contributed by atoms with van der Waals surface area (Å²) in [7, 11) is 0. The number of nitrogens with one attached hydrogen (secondary N) is 1. The number of carboxylic acids is 1. The molecule has 17 heavy (non-hydrogen) atoms. The number of carbonyl (C=O) groups excluding carboxylic acids is 1. The minimum Gasteiger partial charge on any atom is -0.480 e. The highest BCUT2D eigenvalue weighted by molar-refractivity contribution is 5.96. The van der Waals surface area contributed by atoms with Gasteiger partial charge in [0.15, 0.2) is 5.69 Å². The van der Waals surface area contributed by atoms with E-state index in [1.165, 1.54) is 0 Å². The lowest BCUT2D eigenvalue weighted by molar-refractivity contribution is -0.140. The summed E-state index contributed by atoms with van der Waals surface area (Å²) in [5.74, 6) is -1.25. The summed E-state index contributed by atoms with van der Waals surface area (Å²) in [6.45, 7) is 6.84. The number of aromatic nitrogens is 1. The molecule has 0 aliphatic rings. The number of aliphatic carboxylic acids is 1. The molecule has 0 aliphatic heterocycles. The number of rotatable bonds is 4. The summed E-state index contributed by atoms with van der Waals surface area (Å²) in [6, 6.07) is -0.932. The van der Waals surface area contributed by atoms with Gasteiger partial charge in [0.2, 0.25) is 0 Å². The van der Waals surface area contributed by atoms with Gasteiger partial charge in [0, 0.05) is 5.56 Å². The molecule has 6 heteroatoms. The van der Waals surface area contributed by atoms with Crippen LogP contribution >= 0.6 is 0 Å². The molecule has 0 fully saturated rings. The van der Waals surface area contributed by atoms with Crippen molar-refractivity contribution < 1.29 is 19.2 Å². The molecule has 0 bridgehead atoms. The molecule has 0 spiro atoms. The van der Waals surface area contributed by atoms with Gasteiger partial charge in [-0.25, -0.2) is 4.79 Å². The molecule has 1 amide bonds. The second kappa shape index (κ2) is 4.99. The number of aryl methyl sites for hydroxylation is 1. The lowest BCUT2D eigenvalue weighted by atomic mass is 10.0. The van der Waals surface area contributed by atoms with Crippen molar-refractivity contribution in [1.29, 1.82) is 0 Å². The third-order valence-corrected chi connectivity index (χ3v) is 2.59. The van der Waals surface area contributed by atoms with E-state index in [2.05, 4.69) is 10.5 Å². The van der Waals surface area contributed by atoms with Gasteiger partial charge in [-0.3, -0.25) is 4.79 Å². The van der Waals surface area contributed by atoms with Gasteiger partial charge in [-0.15, -0.1) is 0 Å². The first kappa shape index (κ1) is 13.2. The van der Waals surface area contributed by atoms with Crippen molar-refractivity contribution in [1.82, 2.24) is 10.5 Å². The number of hydrogen-bond donors (Lipinski definition) is 2. The highest BCUT2D eigenvalue weighted by Crippen LogP contribution is 2.12. The topological polar surface area (TPSA) is 92.4 Å². The molecule has 1 rings (SSSR count). The minimum absolute atomic E-state index is 0.134. The normalized spacial score (nSPS) is 12.5. The van der Waals surface area contributed by atoms with E-state index in [1.807, 2.05) is 0 Å². The van der Waals surface area contributed by atoms with E-state index >= 15 is 0 Å². The Bertz CT molecular complexity index is 437. The van der Waals surface area contributed by atoms with Crippen LogP contribution in [0.5, 0.6) is 0 Å². The fraction of sp³-hybridized carbons (Fsp3) is 0.545. The van der Waals surface area contributed by atoms with Crippen LogP contribution in [-0.4, -0.2) is 28.2 Å². The molecule has 2 N–H and O–H groups in total. The van der Waals surface area contributed by atoms with Crippen LogP contribution in [0.4, 0.5) is 0 Å². The van der Waals surface area contributed by atoms with E-state index in [4.69, 9.17) is 9.63 Å². The predicted octanol–water partition coefficient (Wildman–Crippen LogP) is 1.13. The van der Waals surface area contributed by atoms with Gasteiger partial charge >= 0.3 is 5.97 Å². The van der Waals surface area contributed by atoms with Crippen molar-refractivity contribution in [3.8, 4) is 0 Å². The van der Waals surface area contributed by atoms with Crippen LogP contribution in [0.15, 0.2) is 4.52 Å². The first-order chi connectivity index (χ1) is 7.84. The maximum atomic E-state index is 11.8. The monoisotopic (exact) mass is 240 g/mol. The number of nitrogens with zero attached hydrogens (tertiary/aromatic N) is 1. The summed E-state index contributed by atoms with van der Waals surface area (Å²) in [5.41, 5.74) is 0.754. The molecule has 1 heterocycles. The average Bonchev–Trinajstić information content (AvgIpc) is 2.55. The van der Waals surface area contributed by atoms with Crippen LogP contribution < -0.4 is 5.32 Å². The van der Waals surface area contributed by atoms with Crippen molar-refractivity contribution in [2.45, 2.75) is 33.7 Å². The summed E-state index contributed by atoms with van der Waals surface area (Å²) >= 11 is 0. The van der Waals surface area contributed by atoms with Gasteiger partial charge in [-0.2, -0.15) is 0 Å². The van der Waals surface area contributed by atoms with Crippen molar-refractivity contribution in [3.63, 3.8) is 0 Å². The van der Waals surface area contributed by atoms with Gasteiger partial charge in [0.25, 0.3) is 5.91 Å². The number of amides is 1. The third kappa shape index (κ3) is 2.83. The molecule has 0 saturated heterocycles. The molecule has 0 radical (unpaired) electrons. The molecule has 0 unspecified atom stereocenters. The Hall–Kier alpha value is -1.85. The summed E-state index contributed by atoms with van der Waals surface area (Å²) in [5, 5.41) is 15.0. The Balaban J connectivity index is 2.85. The van der Waals surface area contributed by atoms with Crippen LogP contribution in [0.25, 0.3) is 0 Å². The lowest BCUT2D eigenvalue weighted by Gasteiger charge is -2.17. The molecular formula is C11H16N2O4. The van der Waals surface area contributed by atoms with Gasteiger partial charge in [-0.1, -0.05) is 19.0 Å². The summed E-state index contributed by atoms with van der Waals surface area (Å²) in [4.78, 5) is 22.7. The molecule has 0 aromatic carbocycles. The van der Waals surface area contributed by atoms with Gasteiger partial charge in [0.1, 0.15) is 11.8 Å². The van der Waals surface area contributed by atoms with Crippen LogP contribution in [0.1, 0.15) is 35.7 Å². The zero-order chi connectivity index (χ0) is 13.2. The smallest absolute Gasteiger partial charge is 0.326 e. The minimum atomic E-state index is -1.06. The van der Waals surface area contributed by atoms with Crippen molar-refractivity contribution in [2.24, 2.45) is 5.92 Å². The largest absolute Gasteiger partial charge is 0.480 e. The quantitative estimate of drug-likeness (QED) is 0.823. The second-order valence-corrected chi connectivity index (χ2v) is 4.25. The highest BCUT2D eigenvalue weighted by atomic mass is 16.5. The van der Waals surface area contributed by atoms with E-state index in [9.17, 15) is 9.59 Å². The summed E-state index contributed by atoms with van der Waals surface area (Å²) < 4.78 is 4.86. The van der Waals surface area contributed by atoms with E-state index < -0.39 is 17.9 Å². The predicted molar refractivity (Wildman–Crippen MR) is 59.7 cm³/mol. The van der Waals surface area contributed by atoms with Crippen LogP contribution in [0.2, 0.25) is 0 Å². The number of carboxylic acid groups (broad SMARTS) is 1. The lowest BCUT2D eigenvalue weighted by Crippen LogP contribution is -2.44. The van der Waals surface area contributed by atoms with E-state index in [1.54, 1.807) is 27.7 Å². The Kier molecular flexibility index (Phi) is 3.88. The van der Waals surface area contributed by atoms with Crippen LogP contribution in [0, 0.1) is 19.8 Å². The van der Waals surface area contributed by atoms with Crippen LogP contribution in [0.3, 0.4) is 0 Å². The Morgan fingerprint density at radius 3 is 2.29 bits per heavy atom. The molecule has 6 nitrogen and oxygen atoms in total. The first-order valence-corrected chi connectivity index (χ1v) is 5.31. The Morgan fingerprint density at radius 2 is 1.94 bits per heavy atom. The van der Waals surface area contributed by atoms with E-state index in [0.717, 1.165) is 0 Å². The average molecular weight is 240 g/mol. The molecule has 1 atom stereocenters. The Morgan fingerprint density at radius 1 is 1.35 bits per heavy atom. The zero-order valence-corrected chi connectivity index (χ0v) is 10.3. The fourth-order valence-corrected chi connectivity index (χ4v) is 1.35. The molecule has 94 valence electrons. The third-order valence-electron chi connectivity index (χ3n) is 2.59. The Labute approximate surface area is 99.0 Å². The van der Waals surface area contributed by atoms with E-state index in [-0.39, 0.29) is 11.6 Å². The molecule has 1 aromatic rings. The molecular weight excluding hydrogens is 224 g/mol. The van der Waals surface area contributed by atoms with E-state index in [0.29, 0.717) is 11.3 Å². The SMILES string of the molecule is Cc1onc(C(=O)N[C@H](C(=O)O)C(C)C)c1C. The molecule has 1 aromatic heterocycles. The zero-order valence-electron chi connectivity index (χ0n) is 10.3. The van der Waals surface area contributed by atoms with Crippen molar-refractivity contribution in [2.75, 3.05) is 0 Å². The van der Waals surface area contributed by atoms with Crippen molar-refractivity contribution in [3.05, 3.63) is 17.0 Å². The maximum Gasteiger partial charge on any atom is 0.326 e. The maximum absolute atomic E-state index is 11.8. The van der Waals surface area contributed by atoms with Crippen LogP contribution in [-0.2, 0) is 4.79 Å². The fourth-order valence-electron chi connectivity index (χ4n) is 1.35.